The molecule has 0 bridgehead atoms. The van der Waals surface area contributed by atoms with Crippen molar-refractivity contribution in [3.05, 3.63) is 23.8 Å². The summed E-state index contributed by atoms with van der Waals surface area (Å²) in [6, 6.07) is 6.64. The van der Waals surface area contributed by atoms with Gasteiger partial charge in [-0.2, -0.15) is 0 Å². The third kappa shape index (κ3) is 3.03. The molecule has 1 atom stereocenters. The number of nitrogens with one attached hydrogen (secondary N) is 1. The van der Waals surface area contributed by atoms with Gasteiger partial charge in [-0.05, 0) is 37.6 Å². The maximum absolute atomic E-state index is 5.34. The number of rotatable bonds is 4. The topological polar surface area (TPSA) is 30.5 Å². The summed E-state index contributed by atoms with van der Waals surface area (Å²) in [6.07, 6.45) is 1.02. The van der Waals surface area contributed by atoms with Gasteiger partial charge in [0.1, 0.15) is 0 Å². The Labute approximate surface area is 103 Å². The molecule has 0 radical (unpaired) electrons. The maximum Gasteiger partial charge on any atom is 0.231 e. The summed E-state index contributed by atoms with van der Waals surface area (Å²) in [5.74, 6) is 1.73. The SMILES string of the molecule is CCN[C@H](C)Cc1ccc2c(c1)OCO2.Cl. The van der Waals surface area contributed by atoms with Crippen molar-refractivity contribution in [2.45, 2.75) is 26.3 Å². The zero-order valence-electron chi connectivity index (χ0n) is 9.66. The van der Waals surface area contributed by atoms with Gasteiger partial charge in [-0.15, -0.1) is 12.4 Å². The molecule has 0 unspecified atom stereocenters. The highest BCUT2D eigenvalue weighted by molar-refractivity contribution is 5.85. The molecule has 0 saturated heterocycles. The Balaban J connectivity index is 0.00000128. The van der Waals surface area contributed by atoms with Gasteiger partial charge in [-0.25, -0.2) is 0 Å². The van der Waals surface area contributed by atoms with E-state index < -0.39 is 0 Å². The number of ether oxygens (including phenoxy) is 2. The lowest BCUT2D eigenvalue weighted by Crippen LogP contribution is -2.27. The standard InChI is InChI=1S/C12H17NO2.ClH/c1-3-13-9(2)6-10-4-5-11-12(7-10)15-8-14-11;/h4-5,7,9,13H,3,6,8H2,1-2H3;1H/t9-;/m1./s1. The van der Waals surface area contributed by atoms with E-state index in [0.717, 1.165) is 24.5 Å². The van der Waals surface area contributed by atoms with E-state index in [9.17, 15) is 0 Å². The van der Waals surface area contributed by atoms with Crippen LogP contribution >= 0.6 is 12.4 Å². The van der Waals surface area contributed by atoms with Crippen molar-refractivity contribution in [2.24, 2.45) is 0 Å². The molecule has 1 aliphatic heterocycles. The van der Waals surface area contributed by atoms with Crippen molar-refractivity contribution in [1.29, 1.82) is 0 Å². The summed E-state index contributed by atoms with van der Waals surface area (Å²) in [7, 11) is 0. The highest BCUT2D eigenvalue weighted by atomic mass is 35.5. The summed E-state index contributed by atoms with van der Waals surface area (Å²) in [5.41, 5.74) is 1.28. The first kappa shape index (κ1) is 13.1. The monoisotopic (exact) mass is 243 g/mol. The van der Waals surface area contributed by atoms with Crippen molar-refractivity contribution >= 4 is 12.4 Å². The van der Waals surface area contributed by atoms with E-state index in [0.29, 0.717) is 12.8 Å². The van der Waals surface area contributed by atoms with Gasteiger partial charge >= 0.3 is 0 Å². The lowest BCUT2D eigenvalue weighted by atomic mass is 10.1. The normalized spacial score (nSPS) is 14.4. The number of hydrogen-bond donors (Lipinski definition) is 1. The number of fused-ring (bicyclic) bond motifs is 1. The lowest BCUT2D eigenvalue weighted by Gasteiger charge is -2.12. The Kier molecular flexibility index (Phi) is 4.90. The molecule has 2 rings (SSSR count). The number of benzene rings is 1. The fraction of sp³-hybridized carbons (Fsp3) is 0.500. The molecule has 16 heavy (non-hydrogen) atoms. The van der Waals surface area contributed by atoms with Gasteiger partial charge in [0.15, 0.2) is 11.5 Å². The summed E-state index contributed by atoms with van der Waals surface area (Å²) in [5, 5.41) is 3.39. The van der Waals surface area contributed by atoms with Crippen molar-refractivity contribution in [3.63, 3.8) is 0 Å². The summed E-state index contributed by atoms with van der Waals surface area (Å²) in [4.78, 5) is 0. The van der Waals surface area contributed by atoms with Gasteiger partial charge < -0.3 is 14.8 Å². The molecule has 1 N–H and O–H groups in total. The Morgan fingerprint density at radius 2 is 2.06 bits per heavy atom. The molecule has 0 spiro atoms. The predicted molar refractivity (Wildman–Crippen MR) is 66.7 cm³/mol. The summed E-state index contributed by atoms with van der Waals surface area (Å²) < 4.78 is 10.6. The van der Waals surface area contributed by atoms with Crippen LogP contribution in [0.5, 0.6) is 11.5 Å². The first-order valence-electron chi connectivity index (χ1n) is 5.41. The highest BCUT2D eigenvalue weighted by Gasteiger charge is 2.13. The molecule has 0 aliphatic carbocycles. The van der Waals surface area contributed by atoms with Gasteiger partial charge in [0.25, 0.3) is 0 Å². The number of likely N-dealkylation sites (N-methyl/N-ethyl adjacent to an activating group) is 1. The average Bonchev–Trinajstić information content (AvgIpc) is 2.65. The Morgan fingerprint density at radius 1 is 1.31 bits per heavy atom. The zero-order valence-corrected chi connectivity index (χ0v) is 10.5. The average molecular weight is 244 g/mol. The molecule has 1 heterocycles. The minimum Gasteiger partial charge on any atom is -0.454 e. The third-order valence-corrected chi connectivity index (χ3v) is 2.53. The molecule has 0 fully saturated rings. The van der Waals surface area contributed by atoms with Crippen LogP contribution in [0.4, 0.5) is 0 Å². The van der Waals surface area contributed by atoms with E-state index in [-0.39, 0.29) is 12.4 Å². The molecule has 4 heteroatoms. The molecule has 0 aromatic heterocycles. The molecule has 0 saturated carbocycles. The van der Waals surface area contributed by atoms with Crippen LogP contribution in [0, 0.1) is 0 Å². The lowest BCUT2D eigenvalue weighted by molar-refractivity contribution is 0.174. The highest BCUT2D eigenvalue weighted by Crippen LogP contribution is 2.32. The second-order valence-corrected chi connectivity index (χ2v) is 3.85. The molecular formula is C12H18ClNO2. The molecule has 1 aromatic rings. The van der Waals surface area contributed by atoms with E-state index in [1.165, 1.54) is 5.56 Å². The van der Waals surface area contributed by atoms with Gasteiger partial charge in [-0.3, -0.25) is 0 Å². The van der Waals surface area contributed by atoms with E-state index >= 15 is 0 Å². The van der Waals surface area contributed by atoms with Crippen molar-refractivity contribution < 1.29 is 9.47 Å². The molecule has 90 valence electrons. The predicted octanol–water partition coefficient (Wildman–Crippen LogP) is 2.38. The van der Waals surface area contributed by atoms with E-state index in [1.54, 1.807) is 0 Å². The van der Waals surface area contributed by atoms with Gasteiger partial charge in [0.05, 0.1) is 0 Å². The van der Waals surface area contributed by atoms with E-state index in [4.69, 9.17) is 9.47 Å². The second kappa shape index (κ2) is 5.97. The zero-order chi connectivity index (χ0) is 10.7. The first-order valence-corrected chi connectivity index (χ1v) is 5.41. The van der Waals surface area contributed by atoms with Gasteiger partial charge in [0, 0.05) is 6.04 Å². The fourth-order valence-electron chi connectivity index (χ4n) is 1.84. The Hall–Kier alpha value is -0.930. The Bertz CT molecular complexity index is 344. The van der Waals surface area contributed by atoms with Crippen LogP contribution in [0.3, 0.4) is 0 Å². The van der Waals surface area contributed by atoms with Crippen molar-refractivity contribution in [1.82, 2.24) is 5.32 Å². The minimum absolute atomic E-state index is 0. The Morgan fingerprint density at radius 3 is 2.81 bits per heavy atom. The number of halogens is 1. The summed E-state index contributed by atoms with van der Waals surface area (Å²) in [6.45, 7) is 5.66. The van der Waals surface area contributed by atoms with E-state index in [2.05, 4.69) is 31.3 Å². The van der Waals surface area contributed by atoms with Crippen LogP contribution in [0.1, 0.15) is 19.4 Å². The molecule has 0 amide bonds. The molecule has 1 aliphatic rings. The van der Waals surface area contributed by atoms with Crippen LogP contribution in [0.25, 0.3) is 0 Å². The van der Waals surface area contributed by atoms with Crippen LogP contribution in [-0.4, -0.2) is 19.4 Å². The van der Waals surface area contributed by atoms with Crippen LogP contribution in [0.15, 0.2) is 18.2 Å². The van der Waals surface area contributed by atoms with Gasteiger partial charge in [-0.1, -0.05) is 13.0 Å². The molecule has 1 aromatic carbocycles. The maximum atomic E-state index is 5.34. The van der Waals surface area contributed by atoms with Crippen molar-refractivity contribution in [2.75, 3.05) is 13.3 Å². The molecule has 3 nitrogen and oxygen atoms in total. The van der Waals surface area contributed by atoms with Crippen LogP contribution in [-0.2, 0) is 6.42 Å². The summed E-state index contributed by atoms with van der Waals surface area (Å²) >= 11 is 0. The number of hydrogen-bond acceptors (Lipinski definition) is 3. The first-order chi connectivity index (χ1) is 7.29. The van der Waals surface area contributed by atoms with Crippen LogP contribution < -0.4 is 14.8 Å². The fourth-order valence-corrected chi connectivity index (χ4v) is 1.84. The van der Waals surface area contributed by atoms with E-state index in [1.807, 2.05) is 6.07 Å². The third-order valence-electron chi connectivity index (χ3n) is 2.53. The van der Waals surface area contributed by atoms with Crippen molar-refractivity contribution in [3.8, 4) is 11.5 Å². The van der Waals surface area contributed by atoms with Crippen LogP contribution in [0.2, 0.25) is 0 Å². The van der Waals surface area contributed by atoms with Gasteiger partial charge in [0.2, 0.25) is 6.79 Å². The second-order valence-electron chi connectivity index (χ2n) is 3.85. The largest absolute Gasteiger partial charge is 0.454 e. The minimum atomic E-state index is 0. The smallest absolute Gasteiger partial charge is 0.231 e. The molecular weight excluding hydrogens is 226 g/mol. The quantitative estimate of drug-likeness (QED) is 0.881.